The topological polar surface area (TPSA) is 94.2 Å². The molecule has 1 aromatic heterocycles. The molecule has 9 heteroatoms. The fraction of sp³-hybridized carbons (Fsp3) is 0.150. The third-order valence-electron chi connectivity index (χ3n) is 4.52. The number of benzene rings is 2. The molecule has 0 aliphatic carbocycles. The van der Waals surface area contributed by atoms with Crippen molar-refractivity contribution in [3.05, 3.63) is 76.0 Å². The number of aromatic nitrogens is 1. The molecule has 0 bridgehead atoms. The Kier molecular flexibility index (Phi) is 5.40. The quantitative estimate of drug-likeness (QED) is 0.642. The second-order valence-electron chi connectivity index (χ2n) is 6.46. The molecule has 6 nitrogen and oxygen atoms in total. The van der Waals surface area contributed by atoms with Crippen molar-refractivity contribution in [2.75, 3.05) is 5.32 Å². The van der Waals surface area contributed by atoms with Crippen LogP contribution >= 0.6 is 0 Å². The van der Waals surface area contributed by atoms with E-state index in [2.05, 4.69) is 5.32 Å². The number of hydrogen-bond acceptors (Lipinski definition) is 3. The summed E-state index contributed by atoms with van der Waals surface area (Å²) in [7, 11) is 0. The van der Waals surface area contributed by atoms with Crippen molar-refractivity contribution < 1.29 is 22.8 Å². The highest BCUT2D eigenvalue weighted by atomic mass is 19.2. The monoisotopic (exact) mass is 403 g/mol. The van der Waals surface area contributed by atoms with E-state index in [1.165, 1.54) is 42.0 Å². The first-order chi connectivity index (χ1) is 13.7. The second-order valence-corrected chi connectivity index (χ2v) is 6.46. The van der Waals surface area contributed by atoms with Crippen LogP contribution in [0.25, 0.3) is 10.8 Å². The predicted octanol–water partition coefficient (Wildman–Crippen LogP) is 2.65. The molecule has 1 unspecified atom stereocenters. The van der Waals surface area contributed by atoms with Gasteiger partial charge in [0.1, 0.15) is 11.9 Å². The van der Waals surface area contributed by atoms with Crippen LogP contribution in [0.15, 0.2) is 47.4 Å². The van der Waals surface area contributed by atoms with E-state index in [0.29, 0.717) is 17.5 Å². The summed E-state index contributed by atoms with van der Waals surface area (Å²) in [5.74, 6) is -5.01. The standard InChI is InChI=1S/C20H16F3N3O3/c1-10(19(24)28)26-6-5-12-13(20(26)29)3-2-4-17(12)25-18(27)8-11-7-15(22)16(23)9-14(11)21/h2-7,9-10H,8H2,1H3,(H2,24,28)(H,25,27). The van der Waals surface area contributed by atoms with Crippen LogP contribution in [-0.4, -0.2) is 16.4 Å². The predicted molar refractivity (Wildman–Crippen MR) is 101 cm³/mol. The summed E-state index contributed by atoms with van der Waals surface area (Å²) in [5, 5.41) is 3.16. The first-order valence-corrected chi connectivity index (χ1v) is 8.55. The van der Waals surface area contributed by atoms with E-state index in [4.69, 9.17) is 5.73 Å². The van der Waals surface area contributed by atoms with Crippen molar-refractivity contribution >= 4 is 28.3 Å². The van der Waals surface area contributed by atoms with Crippen LogP contribution < -0.4 is 16.6 Å². The SMILES string of the molecule is CC(C(N)=O)n1ccc2c(NC(=O)Cc3cc(F)c(F)cc3F)cccc2c1=O. The van der Waals surface area contributed by atoms with Gasteiger partial charge in [-0.3, -0.25) is 14.4 Å². The zero-order valence-corrected chi connectivity index (χ0v) is 15.2. The molecule has 0 radical (unpaired) electrons. The third-order valence-corrected chi connectivity index (χ3v) is 4.52. The fourth-order valence-corrected chi connectivity index (χ4v) is 2.91. The number of nitrogens with two attached hydrogens (primary N) is 1. The first-order valence-electron chi connectivity index (χ1n) is 8.55. The molecule has 3 rings (SSSR count). The van der Waals surface area contributed by atoms with Gasteiger partial charge in [0, 0.05) is 34.3 Å². The van der Waals surface area contributed by atoms with Crippen LogP contribution in [0.3, 0.4) is 0 Å². The first kappa shape index (κ1) is 20.1. The Morgan fingerprint density at radius 1 is 1.07 bits per heavy atom. The van der Waals surface area contributed by atoms with Gasteiger partial charge in [-0.2, -0.15) is 0 Å². The summed E-state index contributed by atoms with van der Waals surface area (Å²) >= 11 is 0. The Morgan fingerprint density at radius 2 is 1.76 bits per heavy atom. The molecule has 3 aromatic rings. The smallest absolute Gasteiger partial charge is 0.259 e. The van der Waals surface area contributed by atoms with Crippen molar-refractivity contribution in [3.63, 3.8) is 0 Å². The zero-order chi connectivity index (χ0) is 21.3. The van der Waals surface area contributed by atoms with Crippen molar-refractivity contribution in [2.45, 2.75) is 19.4 Å². The Bertz CT molecular complexity index is 1190. The van der Waals surface area contributed by atoms with Gasteiger partial charge >= 0.3 is 0 Å². The Balaban J connectivity index is 1.92. The van der Waals surface area contributed by atoms with E-state index in [1.807, 2.05) is 0 Å². The number of carbonyl (C=O) groups excluding carboxylic acids is 2. The van der Waals surface area contributed by atoms with Gasteiger partial charge in [0.05, 0.1) is 6.42 Å². The largest absolute Gasteiger partial charge is 0.368 e. The van der Waals surface area contributed by atoms with Gasteiger partial charge in [-0.1, -0.05) is 6.07 Å². The second kappa shape index (κ2) is 7.78. The van der Waals surface area contributed by atoms with Gasteiger partial charge in [0.25, 0.3) is 5.56 Å². The summed E-state index contributed by atoms with van der Waals surface area (Å²) < 4.78 is 41.3. The number of rotatable bonds is 5. The average molecular weight is 403 g/mol. The molecule has 1 atom stereocenters. The number of nitrogens with one attached hydrogen (secondary N) is 1. The lowest BCUT2D eigenvalue weighted by molar-refractivity contribution is -0.120. The van der Waals surface area contributed by atoms with Crippen molar-refractivity contribution in [1.82, 2.24) is 4.57 Å². The van der Waals surface area contributed by atoms with Crippen LogP contribution in [0.2, 0.25) is 0 Å². The Morgan fingerprint density at radius 3 is 2.45 bits per heavy atom. The lowest BCUT2D eigenvalue weighted by atomic mass is 10.1. The molecule has 0 fully saturated rings. The lowest BCUT2D eigenvalue weighted by Crippen LogP contribution is -2.31. The molecule has 150 valence electrons. The summed E-state index contributed by atoms with van der Waals surface area (Å²) in [4.78, 5) is 36.3. The fourth-order valence-electron chi connectivity index (χ4n) is 2.91. The van der Waals surface area contributed by atoms with E-state index >= 15 is 0 Å². The zero-order valence-electron chi connectivity index (χ0n) is 15.2. The molecular formula is C20H16F3N3O3. The Labute approximate surface area is 162 Å². The van der Waals surface area contributed by atoms with E-state index in [0.717, 1.165) is 0 Å². The number of pyridine rings is 1. The summed E-state index contributed by atoms with van der Waals surface area (Å²) in [6.07, 6.45) is 0.847. The summed E-state index contributed by atoms with van der Waals surface area (Å²) in [5.41, 5.74) is 4.73. The van der Waals surface area contributed by atoms with E-state index in [-0.39, 0.29) is 16.6 Å². The van der Waals surface area contributed by atoms with Gasteiger partial charge in [0.15, 0.2) is 11.6 Å². The minimum Gasteiger partial charge on any atom is -0.368 e. The van der Waals surface area contributed by atoms with Crippen molar-refractivity contribution in [1.29, 1.82) is 0 Å². The van der Waals surface area contributed by atoms with Crippen LogP contribution in [0.5, 0.6) is 0 Å². The molecule has 3 N–H and O–H groups in total. The number of primary amides is 1. The van der Waals surface area contributed by atoms with E-state index in [9.17, 15) is 27.6 Å². The van der Waals surface area contributed by atoms with Crippen molar-refractivity contribution in [3.8, 4) is 0 Å². The highest BCUT2D eigenvalue weighted by Gasteiger charge is 2.17. The maximum absolute atomic E-state index is 13.8. The van der Waals surface area contributed by atoms with Gasteiger partial charge in [-0.15, -0.1) is 0 Å². The molecule has 1 heterocycles. The minimum atomic E-state index is -1.35. The molecule has 0 saturated carbocycles. The van der Waals surface area contributed by atoms with Gasteiger partial charge in [0.2, 0.25) is 11.8 Å². The van der Waals surface area contributed by atoms with Crippen LogP contribution in [0.1, 0.15) is 18.5 Å². The summed E-state index contributed by atoms with van der Waals surface area (Å²) in [6, 6.07) is 6.24. The number of fused-ring (bicyclic) bond motifs is 1. The maximum atomic E-state index is 13.8. The van der Waals surface area contributed by atoms with Crippen molar-refractivity contribution in [2.24, 2.45) is 5.73 Å². The number of amides is 2. The molecular weight excluding hydrogens is 387 g/mol. The molecule has 2 aromatic carbocycles. The Hall–Kier alpha value is -3.62. The molecule has 2 amide bonds. The molecule has 29 heavy (non-hydrogen) atoms. The number of nitrogens with zero attached hydrogens (tertiary/aromatic N) is 1. The summed E-state index contributed by atoms with van der Waals surface area (Å²) in [6.45, 7) is 1.48. The molecule has 0 aliphatic rings. The average Bonchev–Trinajstić information content (AvgIpc) is 2.66. The van der Waals surface area contributed by atoms with Crippen LogP contribution in [0, 0.1) is 17.5 Å². The molecule has 0 saturated heterocycles. The number of carbonyl (C=O) groups is 2. The number of anilines is 1. The normalized spacial score (nSPS) is 12.0. The third kappa shape index (κ3) is 3.98. The lowest BCUT2D eigenvalue weighted by Gasteiger charge is -2.14. The van der Waals surface area contributed by atoms with Crippen LogP contribution in [0.4, 0.5) is 18.9 Å². The number of halogens is 3. The van der Waals surface area contributed by atoms with Crippen LogP contribution in [-0.2, 0) is 16.0 Å². The van der Waals surface area contributed by atoms with E-state index in [1.54, 1.807) is 0 Å². The molecule has 0 spiro atoms. The van der Waals surface area contributed by atoms with Gasteiger partial charge in [-0.25, -0.2) is 13.2 Å². The minimum absolute atomic E-state index is 0.234. The maximum Gasteiger partial charge on any atom is 0.259 e. The highest BCUT2D eigenvalue weighted by molar-refractivity contribution is 6.02. The van der Waals surface area contributed by atoms with Gasteiger partial charge in [-0.05, 0) is 31.2 Å². The van der Waals surface area contributed by atoms with E-state index < -0.39 is 47.3 Å². The van der Waals surface area contributed by atoms with Gasteiger partial charge < -0.3 is 15.6 Å². The highest BCUT2D eigenvalue weighted by Crippen LogP contribution is 2.22. The number of hydrogen-bond donors (Lipinski definition) is 2. The molecule has 0 aliphatic heterocycles.